The van der Waals surface area contributed by atoms with E-state index < -0.39 is 23.4 Å². The van der Waals surface area contributed by atoms with Crippen molar-refractivity contribution in [3.63, 3.8) is 0 Å². The Morgan fingerprint density at radius 2 is 0.475 bits per heavy atom. The summed E-state index contributed by atoms with van der Waals surface area (Å²) < 4.78 is 178. The molecule has 0 aliphatic carbocycles. The van der Waals surface area contributed by atoms with Gasteiger partial charge in [0.15, 0.2) is 0 Å². The smallest absolute Gasteiger partial charge is 3.00 e. The Labute approximate surface area is 456 Å². The van der Waals surface area contributed by atoms with Crippen molar-refractivity contribution in [1.29, 1.82) is 0 Å². The molecule has 30 heteroatoms. The SMILES string of the molecule is CC(C)=O.CC(C)=O.Cc1ccc(-c2cc(-c3ccccn3)nc(-c3ccccn3)c2)cc1.Cc1ccc(-c2cc(-c3ccccn3)nc(-c3ccccn3)c2)cc1.F[P-](F)(F)(F)(F)F.F[P-](F)(F)(F)(F)F.F[P-](F)(F)(F)(F)F.[Co+3]. The number of pyridine rings is 6. The summed E-state index contributed by atoms with van der Waals surface area (Å²) in [5.74, 6) is 0.333. The van der Waals surface area contributed by atoms with Gasteiger partial charge in [-0.2, -0.15) is 0 Å². The maximum Gasteiger partial charge on any atom is 3.00 e. The number of benzene rings is 2. The first-order valence-electron chi connectivity index (χ1n) is 21.9. The first kappa shape index (κ1) is 71.2. The Bertz CT molecular complexity index is 2870. The van der Waals surface area contributed by atoms with Gasteiger partial charge in [0.2, 0.25) is 0 Å². The van der Waals surface area contributed by atoms with E-state index in [0.717, 1.165) is 67.8 Å². The van der Waals surface area contributed by atoms with Crippen molar-refractivity contribution >= 4 is 35.0 Å². The quantitative estimate of drug-likeness (QED) is 0.120. The zero-order valence-electron chi connectivity index (χ0n) is 42.1. The average Bonchev–Trinajstić information content (AvgIpc) is 3.30. The van der Waals surface area contributed by atoms with Crippen molar-refractivity contribution in [2.45, 2.75) is 41.5 Å². The molecule has 2 aromatic carbocycles. The van der Waals surface area contributed by atoms with Gasteiger partial charge in [0.05, 0.1) is 45.6 Å². The molecule has 0 aliphatic heterocycles. The second kappa shape index (κ2) is 25.3. The third kappa shape index (κ3) is 40.4. The van der Waals surface area contributed by atoms with Crippen LogP contribution in [0.25, 0.3) is 67.8 Å². The second-order valence-corrected chi connectivity index (χ2v) is 22.3. The molecule has 0 bridgehead atoms. The van der Waals surface area contributed by atoms with Gasteiger partial charge in [-0.3, -0.25) is 19.9 Å². The molecule has 0 spiro atoms. The molecule has 8 rings (SSSR count). The summed E-state index contributed by atoms with van der Waals surface area (Å²) in [6.45, 7) is 10.3. The number of ketones is 2. The van der Waals surface area contributed by atoms with Crippen molar-refractivity contribution in [3.8, 4) is 67.8 Å². The van der Waals surface area contributed by atoms with Crippen molar-refractivity contribution in [1.82, 2.24) is 29.9 Å². The van der Waals surface area contributed by atoms with Crippen LogP contribution in [0.2, 0.25) is 0 Å². The van der Waals surface area contributed by atoms with Gasteiger partial charge in [-0.25, -0.2) is 9.97 Å². The summed E-state index contributed by atoms with van der Waals surface area (Å²) in [6.07, 6.45) is 7.15. The molecule has 0 fully saturated rings. The topological polar surface area (TPSA) is 111 Å². The molecular weight excluding hydrogens is 1210 g/mol. The third-order valence-electron chi connectivity index (χ3n) is 8.13. The molecule has 8 aromatic rings. The van der Waals surface area contributed by atoms with Crippen LogP contribution in [-0.2, 0) is 26.4 Å². The van der Waals surface area contributed by atoms with E-state index in [9.17, 15) is 85.1 Å². The van der Waals surface area contributed by atoms with Crippen LogP contribution in [0.1, 0.15) is 38.8 Å². The number of rotatable bonds is 6. The largest absolute Gasteiger partial charge is 3.00 e. The predicted molar refractivity (Wildman–Crippen MR) is 275 cm³/mol. The van der Waals surface area contributed by atoms with E-state index in [1.807, 2.05) is 72.8 Å². The molecule has 0 amide bonds. The van der Waals surface area contributed by atoms with Gasteiger partial charge in [0.1, 0.15) is 11.6 Å². The summed E-state index contributed by atoms with van der Waals surface area (Å²) in [6, 6.07) is 48.8. The fraction of sp³-hybridized carbons (Fsp3) is 0.120. The molecule has 80 heavy (non-hydrogen) atoms. The zero-order chi connectivity index (χ0) is 60.5. The van der Waals surface area contributed by atoms with E-state index >= 15 is 0 Å². The number of Topliss-reactive ketones (excluding diaryl/α,β-unsaturated/α-hetero) is 2. The maximum absolute atomic E-state index is 10.7. The number of carbonyl (C=O) groups is 2. The molecule has 0 unspecified atom stereocenters. The number of hydrogen-bond acceptors (Lipinski definition) is 8. The summed E-state index contributed by atoms with van der Waals surface area (Å²) in [5.41, 5.74) is 13.8. The molecule has 0 saturated carbocycles. The van der Waals surface area contributed by atoms with Crippen LogP contribution < -0.4 is 0 Å². The van der Waals surface area contributed by atoms with Gasteiger partial charge in [-0.15, -0.1) is 0 Å². The number of hydrogen-bond donors (Lipinski definition) is 0. The minimum atomic E-state index is -10.7. The normalized spacial score (nSPS) is 13.3. The maximum atomic E-state index is 9.87. The van der Waals surface area contributed by atoms with Crippen LogP contribution in [0.5, 0.6) is 0 Å². The standard InChI is InChI=1S/2C22H17N3.2C3H6O.Co.3F6P/c2*1-16-8-10-17(11-9-16)18-14-21(19-6-2-4-12-23-19)25-22(15-18)20-7-3-5-13-24-20;2*1-3(2)4;;3*1-7(2,3,4,5)6/h2*2-15H,1H3;2*1-2H3;;;;/q;;;;+3;3*-1. The monoisotopic (exact) mass is 1260 g/mol. The van der Waals surface area contributed by atoms with Crippen LogP contribution in [0.3, 0.4) is 0 Å². The molecule has 0 aliphatic rings. The van der Waals surface area contributed by atoms with E-state index in [1.165, 1.54) is 38.8 Å². The van der Waals surface area contributed by atoms with E-state index in [0.29, 0.717) is 0 Å². The van der Waals surface area contributed by atoms with Gasteiger partial charge >= 0.3 is 116 Å². The molecule has 6 heterocycles. The van der Waals surface area contributed by atoms with Gasteiger partial charge < -0.3 is 9.59 Å². The van der Waals surface area contributed by atoms with Crippen molar-refractivity contribution in [3.05, 3.63) is 182 Å². The number of nitrogens with zero attached hydrogens (tertiary/aromatic N) is 6. The van der Waals surface area contributed by atoms with Gasteiger partial charge in [-0.1, -0.05) is 83.9 Å². The van der Waals surface area contributed by atoms with Crippen LogP contribution in [0.4, 0.5) is 75.5 Å². The van der Waals surface area contributed by atoms with Crippen molar-refractivity contribution < 1.29 is 102 Å². The Morgan fingerprint density at radius 3 is 0.625 bits per heavy atom. The summed E-state index contributed by atoms with van der Waals surface area (Å²) in [5, 5.41) is 0. The average molecular weight is 1260 g/mol. The Balaban J connectivity index is 0.000000537. The van der Waals surface area contributed by atoms with E-state index in [4.69, 9.17) is 9.97 Å². The Kier molecular flexibility index (Phi) is 22.6. The molecule has 8 nitrogen and oxygen atoms in total. The van der Waals surface area contributed by atoms with E-state index in [-0.39, 0.29) is 28.3 Å². The second-order valence-electron chi connectivity index (χ2n) is 16.5. The van der Waals surface area contributed by atoms with Gasteiger partial charge in [0.25, 0.3) is 0 Å². The predicted octanol–water partition coefficient (Wildman–Crippen LogP) is 21.7. The number of halogens is 18. The van der Waals surface area contributed by atoms with Crippen LogP contribution in [-0.4, -0.2) is 41.5 Å². The first-order chi connectivity index (χ1) is 35.4. The van der Waals surface area contributed by atoms with E-state index in [1.54, 1.807) is 24.8 Å². The molecule has 0 radical (unpaired) electrons. The molecule has 0 atom stereocenters. The van der Waals surface area contributed by atoms with Gasteiger partial charge in [-0.05, 0) is 137 Å². The molecule has 438 valence electrons. The molecular formula is C50H46CoF18N6O2P3. The fourth-order valence-electron chi connectivity index (χ4n) is 5.47. The number of aryl methyl sites for hydroxylation is 2. The minimum Gasteiger partial charge on any atom is 3.00 e. The Morgan fingerprint density at radius 1 is 0.300 bits per heavy atom. The Hall–Kier alpha value is -6.78. The third-order valence-corrected chi connectivity index (χ3v) is 8.13. The number of aromatic nitrogens is 6. The summed E-state index contributed by atoms with van der Waals surface area (Å²) in [7, 11) is -32.0. The zero-order valence-corrected chi connectivity index (χ0v) is 45.9. The molecule has 6 aromatic heterocycles. The van der Waals surface area contributed by atoms with Gasteiger partial charge in [0, 0.05) is 24.8 Å². The first-order valence-corrected chi connectivity index (χ1v) is 28.0. The summed E-state index contributed by atoms with van der Waals surface area (Å²) >= 11 is 0. The molecule has 0 N–H and O–H groups in total. The van der Waals surface area contributed by atoms with Crippen LogP contribution in [0, 0.1) is 13.8 Å². The van der Waals surface area contributed by atoms with Crippen molar-refractivity contribution in [2.75, 3.05) is 0 Å². The van der Waals surface area contributed by atoms with E-state index in [2.05, 4.69) is 107 Å². The van der Waals surface area contributed by atoms with Crippen LogP contribution >= 0.6 is 23.4 Å². The number of carbonyl (C=O) groups excluding carboxylic acids is 2. The minimum absolute atomic E-state index is 0. The molecule has 0 saturated heterocycles. The van der Waals surface area contributed by atoms with Crippen LogP contribution in [0.15, 0.2) is 170 Å². The summed E-state index contributed by atoms with van der Waals surface area (Å²) in [4.78, 5) is 46.3. The van der Waals surface area contributed by atoms with Crippen molar-refractivity contribution in [2.24, 2.45) is 0 Å². The fourth-order valence-corrected chi connectivity index (χ4v) is 5.47.